The van der Waals surface area contributed by atoms with Gasteiger partial charge >= 0.3 is 5.97 Å². The fourth-order valence-electron chi connectivity index (χ4n) is 3.78. The fourth-order valence-corrected chi connectivity index (χ4v) is 4.57. The molecule has 1 aliphatic carbocycles. The molecule has 0 N–H and O–H groups in total. The van der Waals surface area contributed by atoms with Crippen molar-refractivity contribution in [1.82, 2.24) is 0 Å². The summed E-state index contributed by atoms with van der Waals surface area (Å²) in [6.45, 7) is 2.41. The number of nitriles is 1. The van der Waals surface area contributed by atoms with Crippen molar-refractivity contribution >= 4 is 29.2 Å². The summed E-state index contributed by atoms with van der Waals surface area (Å²) in [6, 6.07) is 25.1. The second-order valence-electron chi connectivity index (χ2n) is 7.70. The maximum atomic E-state index is 13.3. The van der Waals surface area contributed by atoms with E-state index < -0.39 is 21.6 Å². The molecule has 0 bridgehead atoms. The molecule has 0 heterocycles. The molecule has 5 nitrogen and oxygen atoms in total. The Morgan fingerprint density at radius 3 is 2.21 bits per heavy atom. The van der Waals surface area contributed by atoms with Crippen molar-refractivity contribution in [3.05, 3.63) is 84.4 Å². The first-order valence-electron chi connectivity index (χ1n) is 10.4. The average Bonchev–Trinajstić information content (AvgIpc) is 3.39. The number of para-hydroxylation sites is 1. The van der Waals surface area contributed by atoms with Crippen LogP contribution in [-0.4, -0.2) is 16.9 Å². The number of benzene rings is 3. The third-order valence-corrected chi connectivity index (χ3v) is 6.47. The molecule has 2 atom stereocenters. The van der Waals surface area contributed by atoms with E-state index in [2.05, 4.69) is 6.07 Å². The number of hydrogen-bond acceptors (Lipinski definition) is 5. The van der Waals surface area contributed by atoms with E-state index in [0.717, 1.165) is 0 Å². The van der Waals surface area contributed by atoms with E-state index >= 15 is 0 Å². The summed E-state index contributed by atoms with van der Waals surface area (Å²) in [5.41, 5.74) is -0.841. The van der Waals surface area contributed by atoms with Crippen LogP contribution in [0.25, 0.3) is 0 Å². The summed E-state index contributed by atoms with van der Waals surface area (Å²) < 4.78 is 15.5. The van der Waals surface area contributed by atoms with Crippen LogP contribution in [0.4, 0.5) is 0 Å². The maximum Gasteiger partial charge on any atom is 0.322 e. The van der Waals surface area contributed by atoms with Crippen molar-refractivity contribution in [1.29, 1.82) is 5.26 Å². The molecule has 0 spiro atoms. The standard InChI is InChI=1S/C26H21Cl2NO4/c1-2-31-19-11-13-21(14-12-19)33-24(30)25(17-26(25,27)28)23(16-29)18-7-6-10-22(15-18)32-20-8-4-3-5-9-20/h3-15,23H,2,17H2,1H3. The first kappa shape index (κ1) is 23.0. The summed E-state index contributed by atoms with van der Waals surface area (Å²) in [7, 11) is 0. The van der Waals surface area contributed by atoms with Crippen LogP contribution in [0.5, 0.6) is 23.0 Å². The molecular formula is C26H21Cl2NO4. The number of esters is 1. The molecule has 0 aromatic heterocycles. The SMILES string of the molecule is CCOc1ccc(OC(=O)C2(C(C#N)c3cccc(Oc4ccccc4)c3)CC2(Cl)Cl)cc1. The van der Waals surface area contributed by atoms with E-state index in [9.17, 15) is 10.1 Å². The van der Waals surface area contributed by atoms with Gasteiger partial charge in [0.2, 0.25) is 0 Å². The van der Waals surface area contributed by atoms with E-state index in [1.165, 1.54) is 0 Å². The van der Waals surface area contributed by atoms with Gasteiger partial charge in [0, 0.05) is 6.42 Å². The summed E-state index contributed by atoms with van der Waals surface area (Å²) >= 11 is 12.9. The van der Waals surface area contributed by atoms with Crippen molar-refractivity contribution in [2.24, 2.45) is 5.41 Å². The number of carbonyl (C=O) groups is 1. The Balaban J connectivity index is 1.59. The molecule has 4 rings (SSSR count). The van der Waals surface area contributed by atoms with E-state index in [-0.39, 0.29) is 6.42 Å². The fraction of sp³-hybridized carbons (Fsp3) is 0.231. The number of alkyl halides is 2. The van der Waals surface area contributed by atoms with Gasteiger partial charge in [-0.05, 0) is 61.0 Å². The topological polar surface area (TPSA) is 68.5 Å². The Labute approximate surface area is 202 Å². The van der Waals surface area contributed by atoms with Gasteiger partial charge < -0.3 is 14.2 Å². The van der Waals surface area contributed by atoms with Crippen molar-refractivity contribution in [2.45, 2.75) is 23.6 Å². The minimum absolute atomic E-state index is 0.0982. The lowest BCUT2D eigenvalue weighted by Crippen LogP contribution is -2.32. The highest BCUT2D eigenvalue weighted by Crippen LogP contribution is 2.70. The number of halogens is 2. The van der Waals surface area contributed by atoms with Crippen molar-refractivity contribution in [3.63, 3.8) is 0 Å². The van der Waals surface area contributed by atoms with Gasteiger partial charge in [0.1, 0.15) is 32.7 Å². The van der Waals surface area contributed by atoms with Gasteiger partial charge in [0.05, 0.1) is 18.6 Å². The van der Waals surface area contributed by atoms with Crippen molar-refractivity contribution in [3.8, 4) is 29.1 Å². The quantitative estimate of drug-likeness (QED) is 0.204. The Hall–Kier alpha value is -3.20. The molecule has 3 aromatic rings. The van der Waals surface area contributed by atoms with Crippen LogP contribution in [0.2, 0.25) is 0 Å². The van der Waals surface area contributed by atoms with Crippen LogP contribution in [0.3, 0.4) is 0 Å². The summed E-state index contributed by atoms with van der Waals surface area (Å²) in [4.78, 5) is 13.3. The predicted octanol–water partition coefficient (Wildman–Crippen LogP) is 6.65. The van der Waals surface area contributed by atoms with E-state index in [1.54, 1.807) is 48.5 Å². The zero-order chi connectivity index (χ0) is 23.5. The zero-order valence-electron chi connectivity index (χ0n) is 17.8. The smallest absolute Gasteiger partial charge is 0.322 e. The van der Waals surface area contributed by atoms with Gasteiger partial charge in [0.25, 0.3) is 0 Å². The third-order valence-electron chi connectivity index (χ3n) is 5.53. The van der Waals surface area contributed by atoms with Crippen LogP contribution in [0.15, 0.2) is 78.9 Å². The van der Waals surface area contributed by atoms with Crippen LogP contribution in [0, 0.1) is 16.7 Å². The lowest BCUT2D eigenvalue weighted by molar-refractivity contribution is -0.141. The number of rotatable bonds is 8. The van der Waals surface area contributed by atoms with Gasteiger partial charge in [-0.25, -0.2) is 0 Å². The van der Waals surface area contributed by atoms with E-state index in [4.69, 9.17) is 37.4 Å². The number of ether oxygens (including phenoxy) is 3. The molecule has 1 fully saturated rings. The van der Waals surface area contributed by atoms with Gasteiger partial charge in [0.15, 0.2) is 0 Å². The van der Waals surface area contributed by atoms with E-state index in [0.29, 0.717) is 35.2 Å². The minimum Gasteiger partial charge on any atom is -0.494 e. The second-order valence-corrected chi connectivity index (χ2v) is 9.18. The molecular weight excluding hydrogens is 461 g/mol. The van der Waals surface area contributed by atoms with Crippen LogP contribution in [-0.2, 0) is 4.79 Å². The molecule has 168 valence electrons. The van der Waals surface area contributed by atoms with Gasteiger partial charge in [-0.2, -0.15) is 5.26 Å². The van der Waals surface area contributed by atoms with Crippen LogP contribution in [0.1, 0.15) is 24.8 Å². The summed E-state index contributed by atoms with van der Waals surface area (Å²) in [5.74, 6) is 0.580. The molecule has 1 saturated carbocycles. The maximum absolute atomic E-state index is 13.3. The Morgan fingerprint density at radius 1 is 0.970 bits per heavy atom. The molecule has 3 aromatic carbocycles. The molecule has 0 amide bonds. The third kappa shape index (κ3) is 4.64. The second kappa shape index (κ2) is 9.35. The first-order chi connectivity index (χ1) is 15.9. The van der Waals surface area contributed by atoms with Crippen LogP contribution < -0.4 is 14.2 Å². The summed E-state index contributed by atoms with van der Waals surface area (Å²) in [6.07, 6.45) is 0.0982. The highest BCUT2D eigenvalue weighted by atomic mass is 35.5. The van der Waals surface area contributed by atoms with Crippen molar-refractivity contribution in [2.75, 3.05) is 6.61 Å². The van der Waals surface area contributed by atoms with Crippen molar-refractivity contribution < 1.29 is 19.0 Å². The molecule has 1 aliphatic rings. The number of nitrogens with zero attached hydrogens (tertiary/aromatic N) is 1. The normalized spacial score (nSPS) is 19.1. The predicted molar refractivity (Wildman–Crippen MR) is 126 cm³/mol. The molecule has 33 heavy (non-hydrogen) atoms. The summed E-state index contributed by atoms with van der Waals surface area (Å²) in [5, 5.41) is 10.0. The molecule has 0 radical (unpaired) electrons. The van der Waals surface area contributed by atoms with Crippen LogP contribution >= 0.6 is 23.2 Å². The zero-order valence-corrected chi connectivity index (χ0v) is 19.3. The Bertz CT molecular complexity index is 1170. The Kier molecular flexibility index (Phi) is 6.51. The minimum atomic E-state index is -1.42. The van der Waals surface area contributed by atoms with E-state index in [1.807, 2.05) is 37.3 Å². The number of hydrogen-bond donors (Lipinski definition) is 0. The average molecular weight is 482 g/mol. The van der Waals surface area contributed by atoms with Gasteiger partial charge in [-0.1, -0.05) is 30.3 Å². The highest BCUT2D eigenvalue weighted by Gasteiger charge is 2.76. The molecule has 0 saturated heterocycles. The molecule has 2 unspecified atom stereocenters. The lowest BCUT2D eigenvalue weighted by atomic mass is 9.84. The largest absolute Gasteiger partial charge is 0.494 e. The monoisotopic (exact) mass is 481 g/mol. The molecule has 7 heteroatoms. The highest BCUT2D eigenvalue weighted by molar-refractivity contribution is 6.53. The molecule has 0 aliphatic heterocycles. The first-order valence-corrected chi connectivity index (χ1v) is 11.2. The van der Waals surface area contributed by atoms with Gasteiger partial charge in [-0.15, -0.1) is 23.2 Å². The number of carbonyl (C=O) groups excluding carboxylic acids is 1. The van der Waals surface area contributed by atoms with Gasteiger partial charge in [-0.3, -0.25) is 4.79 Å². The lowest BCUT2D eigenvalue weighted by Gasteiger charge is -2.22. The Morgan fingerprint density at radius 2 is 1.61 bits per heavy atom.